The van der Waals surface area contributed by atoms with Crippen molar-refractivity contribution >= 4 is 11.6 Å². The molecule has 0 fully saturated rings. The van der Waals surface area contributed by atoms with Gasteiger partial charge in [0.25, 0.3) is 0 Å². The van der Waals surface area contributed by atoms with Crippen LogP contribution in [0.5, 0.6) is 0 Å². The molecule has 1 radical (unpaired) electrons. The second-order valence-corrected chi connectivity index (χ2v) is 1.96. The van der Waals surface area contributed by atoms with E-state index in [1.54, 1.807) is 6.61 Å². The molecule has 0 aromatic carbocycles. The lowest BCUT2D eigenvalue weighted by molar-refractivity contribution is 0.239. The smallest absolute Gasteiger partial charge is 0.0810 e. The summed E-state index contributed by atoms with van der Waals surface area (Å²) in [7, 11) is 0. The van der Waals surface area contributed by atoms with Crippen LogP contribution in [0, 0.1) is 6.61 Å². The third-order valence-electron chi connectivity index (χ3n) is 0.628. The van der Waals surface area contributed by atoms with Gasteiger partial charge < -0.3 is 4.74 Å². The number of hydrogen-bond acceptors (Lipinski definition) is 1. The average Bonchev–Trinajstić information content (AvgIpc) is 1.66. The summed E-state index contributed by atoms with van der Waals surface area (Å²) in [4.78, 5) is 0. The standard InChI is InChI=1S/C6H10ClO/c1-3-8-5-4-6(2)7/h3-4H,5H2,1-2H3. The fourth-order valence-corrected chi connectivity index (χ4v) is 0.322. The predicted molar refractivity (Wildman–Crippen MR) is 35.5 cm³/mol. The highest BCUT2D eigenvalue weighted by molar-refractivity contribution is 6.29. The van der Waals surface area contributed by atoms with E-state index in [0.29, 0.717) is 6.61 Å². The molecule has 0 atom stereocenters. The van der Waals surface area contributed by atoms with Crippen LogP contribution < -0.4 is 0 Å². The third-order valence-corrected chi connectivity index (χ3v) is 0.782. The van der Waals surface area contributed by atoms with E-state index in [0.717, 1.165) is 5.03 Å². The van der Waals surface area contributed by atoms with Crippen molar-refractivity contribution in [2.75, 3.05) is 6.61 Å². The van der Waals surface area contributed by atoms with Gasteiger partial charge in [0.1, 0.15) is 0 Å². The van der Waals surface area contributed by atoms with Crippen LogP contribution in [-0.4, -0.2) is 6.61 Å². The molecule has 0 aromatic heterocycles. The molecular weight excluding hydrogens is 124 g/mol. The van der Waals surface area contributed by atoms with Crippen molar-refractivity contribution in [3.8, 4) is 0 Å². The molecule has 0 heterocycles. The molecule has 0 saturated heterocycles. The van der Waals surface area contributed by atoms with Crippen molar-refractivity contribution in [1.29, 1.82) is 0 Å². The fraction of sp³-hybridized carbons (Fsp3) is 0.500. The van der Waals surface area contributed by atoms with Crippen LogP contribution in [0.25, 0.3) is 0 Å². The van der Waals surface area contributed by atoms with Gasteiger partial charge in [-0.3, -0.25) is 0 Å². The molecule has 0 rings (SSSR count). The molecule has 0 spiro atoms. The first-order chi connectivity index (χ1) is 3.77. The lowest BCUT2D eigenvalue weighted by Crippen LogP contribution is -1.82. The maximum Gasteiger partial charge on any atom is 0.0810 e. The lowest BCUT2D eigenvalue weighted by Gasteiger charge is -1.91. The highest BCUT2D eigenvalue weighted by Crippen LogP contribution is 1.96. The summed E-state index contributed by atoms with van der Waals surface area (Å²) in [5.74, 6) is 0. The fourth-order valence-electron chi connectivity index (χ4n) is 0.259. The summed E-state index contributed by atoms with van der Waals surface area (Å²) in [6.45, 7) is 5.86. The second kappa shape index (κ2) is 5.13. The Labute approximate surface area is 55.3 Å². The van der Waals surface area contributed by atoms with Crippen molar-refractivity contribution in [2.24, 2.45) is 0 Å². The topological polar surface area (TPSA) is 9.23 Å². The monoisotopic (exact) mass is 133 g/mol. The molecule has 0 saturated carbocycles. The van der Waals surface area contributed by atoms with Crippen LogP contribution in [0.3, 0.4) is 0 Å². The molecule has 0 aliphatic rings. The van der Waals surface area contributed by atoms with Crippen LogP contribution in [0.15, 0.2) is 11.1 Å². The average molecular weight is 134 g/mol. The maximum atomic E-state index is 5.48. The number of halogens is 1. The second-order valence-electron chi connectivity index (χ2n) is 1.36. The zero-order valence-corrected chi connectivity index (χ0v) is 5.90. The Bertz CT molecular complexity index is 74.6. The van der Waals surface area contributed by atoms with Gasteiger partial charge in [-0.1, -0.05) is 11.6 Å². The number of hydrogen-bond donors (Lipinski definition) is 0. The van der Waals surface area contributed by atoms with E-state index < -0.39 is 0 Å². The molecular formula is C6H10ClO. The largest absolute Gasteiger partial charge is 0.372 e. The van der Waals surface area contributed by atoms with Gasteiger partial charge in [0.15, 0.2) is 0 Å². The highest BCUT2D eigenvalue weighted by Gasteiger charge is 1.78. The predicted octanol–water partition coefficient (Wildman–Crippen LogP) is 2.33. The van der Waals surface area contributed by atoms with E-state index in [4.69, 9.17) is 16.3 Å². The summed E-state index contributed by atoms with van der Waals surface area (Å²) >= 11 is 5.48. The Balaban J connectivity index is 3.03. The van der Waals surface area contributed by atoms with Gasteiger partial charge in [-0.15, -0.1) is 0 Å². The first-order valence-corrected chi connectivity index (χ1v) is 2.87. The van der Waals surface area contributed by atoms with Gasteiger partial charge >= 0.3 is 0 Å². The molecule has 0 aliphatic heterocycles. The first-order valence-electron chi connectivity index (χ1n) is 2.49. The Kier molecular flexibility index (Phi) is 5.13. The van der Waals surface area contributed by atoms with E-state index in [-0.39, 0.29) is 0 Å². The maximum absolute atomic E-state index is 5.48. The van der Waals surface area contributed by atoms with Gasteiger partial charge in [0.2, 0.25) is 0 Å². The van der Waals surface area contributed by atoms with Crippen LogP contribution in [-0.2, 0) is 4.74 Å². The van der Waals surface area contributed by atoms with Gasteiger partial charge in [0, 0.05) is 5.03 Å². The van der Waals surface area contributed by atoms with Gasteiger partial charge in [-0.2, -0.15) is 0 Å². The Morgan fingerprint density at radius 1 is 1.75 bits per heavy atom. The minimum Gasteiger partial charge on any atom is -0.372 e. The van der Waals surface area contributed by atoms with Crippen molar-refractivity contribution in [2.45, 2.75) is 13.8 Å². The minimum absolute atomic E-state index is 0.575. The minimum atomic E-state index is 0.575. The molecule has 2 heteroatoms. The van der Waals surface area contributed by atoms with Crippen LogP contribution in [0.1, 0.15) is 13.8 Å². The molecule has 0 N–H and O–H groups in total. The molecule has 0 amide bonds. The number of rotatable bonds is 3. The quantitative estimate of drug-likeness (QED) is 0.537. The summed E-state index contributed by atoms with van der Waals surface area (Å²) in [6.07, 6.45) is 1.81. The SMILES string of the molecule is C[CH]OCC=C(C)Cl. The third kappa shape index (κ3) is 5.99. The summed E-state index contributed by atoms with van der Waals surface area (Å²) in [5.41, 5.74) is 0. The van der Waals surface area contributed by atoms with Crippen molar-refractivity contribution in [3.05, 3.63) is 17.7 Å². The lowest BCUT2D eigenvalue weighted by atomic mass is 10.5. The van der Waals surface area contributed by atoms with Crippen LogP contribution >= 0.6 is 11.6 Å². The van der Waals surface area contributed by atoms with Crippen LogP contribution in [0.2, 0.25) is 0 Å². The van der Waals surface area contributed by atoms with Gasteiger partial charge in [0.05, 0.1) is 13.2 Å². The van der Waals surface area contributed by atoms with E-state index in [9.17, 15) is 0 Å². The molecule has 1 nitrogen and oxygen atoms in total. The van der Waals surface area contributed by atoms with Crippen molar-refractivity contribution in [1.82, 2.24) is 0 Å². The zero-order valence-electron chi connectivity index (χ0n) is 5.15. The Hall–Kier alpha value is -0.0100. The number of ether oxygens (including phenoxy) is 1. The summed E-state index contributed by atoms with van der Waals surface area (Å²) < 4.78 is 4.86. The highest BCUT2D eigenvalue weighted by atomic mass is 35.5. The van der Waals surface area contributed by atoms with Gasteiger partial charge in [-0.05, 0) is 19.9 Å². The summed E-state index contributed by atoms with van der Waals surface area (Å²) in [6, 6.07) is 0. The number of allylic oxidation sites excluding steroid dienone is 1. The zero-order chi connectivity index (χ0) is 6.41. The van der Waals surface area contributed by atoms with E-state index in [2.05, 4.69) is 0 Å². The van der Waals surface area contributed by atoms with E-state index >= 15 is 0 Å². The van der Waals surface area contributed by atoms with E-state index in [1.807, 2.05) is 19.9 Å². The Morgan fingerprint density at radius 3 is 2.75 bits per heavy atom. The van der Waals surface area contributed by atoms with Crippen LogP contribution in [0.4, 0.5) is 0 Å². The summed E-state index contributed by atoms with van der Waals surface area (Å²) in [5, 5.41) is 0.770. The van der Waals surface area contributed by atoms with E-state index in [1.165, 1.54) is 0 Å². The molecule has 0 aromatic rings. The normalized spacial score (nSPS) is 12.1. The molecule has 0 bridgehead atoms. The van der Waals surface area contributed by atoms with Crippen molar-refractivity contribution in [3.63, 3.8) is 0 Å². The molecule has 0 unspecified atom stereocenters. The van der Waals surface area contributed by atoms with Gasteiger partial charge in [-0.25, -0.2) is 0 Å². The first kappa shape index (κ1) is 7.99. The molecule has 8 heavy (non-hydrogen) atoms. The van der Waals surface area contributed by atoms with Crippen molar-refractivity contribution < 1.29 is 4.74 Å². The molecule has 47 valence electrons. The molecule has 0 aliphatic carbocycles. The Morgan fingerprint density at radius 2 is 2.38 bits per heavy atom.